The lowest BCUT2D eigenvalue weighted by molar-refractivity contribution is 0.206. The molecule has 1 aromatic rings. The van der Waals surface area contributed by atoms with Crippen molar-refractivity contribution < 1.29 is 13.9 Å². The summed E-state index contributed by atoms with van der Waals surface area (Å²) in [6, 6.07) is 0.610. The summed E-state index contributed by atoms with van der Waals surface area (Å²) in [5.74, 6) is -1.77. The second kappa shape index (κ2) is 2.99. The molecule has 0 bridgehead atoms. The van der Waals surface area contributed by atoms with E-state index in [4.69, 9.17) is 16.7 Å². The third-order valence-electron chi connectivity index (χ3n) is 1.24. The number of aromatic nitrogens is 1. The normalized spacial score (nSPS) is 15.7. The number of rotatable bonds is 1. The predicted octanol–water partition coefficient (Wildman–Crippen LogP) is 0.334. The van der Waals surface area contributed by atoms with E-state index in [9.17, 15) is 8.78 Å². The largest absolute Gasteiger partial charge is 0.377 e. The first-order chi connectivity index (χ1) is 5.41. The molecule has 0 amide bonds. The van der Waals surface area contributed by atoms with Gasteiger partial charge in [-0.05, 0) is 0 Å². The first-order valence-electron chi connectivity index (χ1n) is 3.14. The molecular weight excluding hydrogens is 186 g/mol. The zero-order chi connectivity index (χ0) is 9.35. The van der Waals surface area contributed by atoms with Gasteiger partial charge in [-0.25, -0.2) is 8.78 Å². The highest BCUT2D eigenvalue weighted by Gasteiger charge is 2.24. The van der Waals surface area contributed by atoms with Crippen molar-refractivity contribution in [1.82, 2.24) is 4.98 Å². The fraction of sp³-hybridized carbons (Fsp3) is 0.167. The molecule has 64 valence electrons. The Kier molecular flexibility index (Phi) is 2.35. The van der Waals surface area contributed by atoms with Gasteiger partial charge in [-0.1, -0.05) is 11.6 Å². The molecule has 1 unspecified atom stereocenters. The van der Waals surface area contributed by atoms with Crippen molar-refractivity contribution in [3.05, 3.63) is 29.6 Å². The van der Waals surface area contributed by atoms with Gasteiger partial charge in [-0.3, -0.25) is 4.98 Å². The van der Waals surface area contributed by atoms with Crippen molar-refractivity contribution in [2.45, 2.75) is 4.96 Å². The van der Waals surface area contributed by atoms with Crippen LogP contribution in [0.4, 0.5) is 8.78 Å². The smallest absolute Gasteiger partial charge is 0.171 e. The first kappa shape index (κ1) is 9.41. The van der Waals surface area contributed by atoms with Crippen LogP contribution in [0.3, 0.4) is 0 Å². The number of halogens is 3. The maximum atomic E-state index is 12.8. The molecule has 1 atom stereocenters. The lowest BCUT2D eigenvalue weighted by atomic mass is 9.95. The van der Waals surface area contributed by atoms with E-state index >= 15 is 0 Å². The maximum Gasteiger partial charge on any atom is 0.171 e. The van der Waals surface area contributed by atoms with Crippen LogP contribution in [0.15, 0.2) is 12.3 Å². The van der Waals surface area contributed by atoms with Crippen LogP contribution in [-0.4, -0.2) is 17.9 Å². The van der Waals surface area contributed by atoms with E-state index in [-0.39, 0.29) is 5.69 Å². The Morgan fingerprint density at radius 3 is 2.58 bits per heavy atom. The number of nitrogens with zero attached hydrogens (tertiary/aromatic N) is 1. The fourth-order valence-corrected chi connectivity index (χ4v) is 0.889. The number of aliphatic hydroxyl groups is 1. The highest BCUT2D eigenvalue weighted by molar-refractivity contribution is 6.42. The highest BCUT2D eigenvalue weighted by atomic mass is 35.5. The molecule has 6 heteroatoms. The van der Waals surface area contributed by atoms with E-state index in [1.54, 1.807) is 0 Å². The number of alkyl halides is 1. The number of pyridine rings is 1. The van der Waals surface area contributed by atoms with Gasteiger partial charge >= 0.3 is 0 Å². The summed E-state index contributed by atoms with van der Waals surface area (Å²) in [4.78, 5) is 1.41. The van der Waals surface area contributed by atoms with Crippen molar-refractivity contribution in [2.24, 2.45) is 0 Å². The molecule has 2 nitrogen and oxygen atoms in total. The van der Waals surface area contributed by atoms with Gasteiger partial charge < -0.3 is 5.11 Å². The van der Waals surface area contributed by atoms with Gasteiger partial charge in [0.1, 0.15) is 16.5 Å². The van der Waals surface area contributed by atoms with Crippen LogP contribution in [0.25, 0.3) is 0 Å². The van der Waals surface area contributed by atoms with E-state index in [1.807, 2.05) is 0 Å². The summed E-state index contributed by atoms with van der Waals surface area (Å²) >= 11 is 5.35. The van der Waals surface area contributed by atoms with Gasteiger partial charge in [0, 0.05) is 6.07 Å². The first-order valence-corrected chi connectivity index (χ1v) is 3.52. The minimum atomic E-state index is -1.90. The molecule has 0 aromatic carbocycles. The number of hydrogen-bond acceptors (Lipinski definition) is 2. The van der Waals surface area contributed by atoms with Gasteiger partial charge in [0.2, 0.25) is 0 Å². The minimum Gasteiger partial charge on any atom is -0.377 e. The number of hydrogen-bond donors (Lipinski definition) is 1. The highest BCUT2D eigenvalue weighted by Crippen LogP contribution is 2.22. The average Bonchev–Trinajstić information content (AvgIpc) is 1.83. The third kappa shape index (κ3) is 1.92. The van der Waals surface area contributed by atoms with Gasteiger partial charge in [-0.2, -0.15) is 0 Å². The van der Waals surface area contributed by atoms with Crippen LogP contribution in [0.2, 0.25) is 0 Å². The van der Waals surface area contributed by atoms with Crippen LogP contribution in [0.5, 0.6) is 0 Å². The Balaban J connectivity index is 3.19. The molecular formula is C6H5BClF2NO. The van der Waals surface area contributed by atoms with Crippen LogP contribution in [0.1, 0.15) is 5.69 Å². The molecule has 0 saturated heterocycles. The Morgan fingerprint density at radius 1 is 1.58 bits per heavy atom. The van der Waals surface area contributed by atoms with Crippen molar-refractivity contribution in [2.75, 3.05) is 0 Å². The molecule has 0 fully saturated rings. The van der Waals surface area contributed by atoms with Gasteiger partial charge in [0.15, 0.2) is 13.7 Å². The Bertz CT molecular complexity index is 302. The Hall–Kier alpha value is -0.675. The minimum absolute atomic E-state index is 0.384. The summed E-state index contributed by atoms with van der Waals surface area (Å²) in [5.41, 5.74) is -0.384. The Morgan fingerprint density at radius 2 is 2.17 bits per heavy atom. The van der Waals surface area contributed by atoms with Crippen molar-refractivity contribution >= 4 is 19.4 Å². The molecule has 0 aliphatic heterocycles. The third-order valence-corrected chi connectivity index (χ3v) is 1.42. The molecule has 0 spiro atoms. The standard InChI is InChI=1S/C6H5BClF2NO/c7-6(8,12)5-4(10)1-3(9)2-11-5/h1-2,12H,7H2. The van der Waals surface area contributed by atoms with Gasteiger partial charge in [0.05, 0.1) is 6.20 Å². The molecule has 1 aromatic heterocycles. The van der Waals surface area contributed by atoms with Crippen molar-refractivity contribution in [3.8, 4) is 0 Å². The molecule has 0 aliphatic rings. The zero-order valence-electron chi connectivity index (χ0n) is 6.18. The topological polar surface area (TPSA) is 33.1 Å². The molecule has 0 radical (unpaired) electrons. The van der Waals surface area contributed by atoms with Gasteiger partial charge in [0.25, 0.3) is 0 Å². The van der Waals surface area contributed by atoms with Crippen LogP contribution < -0.4 is 0 Å². The lowest BCUT2D eigenvalue weighted by Crippen LogP contribution is -2.21. The molecule has 0 saturated carbocycles. The van der Waals surface area contributed by atoms with E-state index < -0.39 is 16.6 Å². The summed E-state index contributed by atoms with van der Waals surface area (Å²) in [6.45, 7) is 0. The summed E-state index contributed by atoms with van der Waals surface area (Å²) in [6.07, 6.45) is 0.787. The predicted molar refractivity (Wildman–Crippen MR) is 42.4 cm³/mol. The molecule has 0 aliphatic carbocycles. The fourth-order valence-electron chi connectivity index (χ4n) is 0.750. The summed E-state index contributed by atoms with van der Waals surface area (Å²) < 4.78 is 25.1. The molecule has 1 heterocycles. The second-order valence-corrected chi connectivity index (χ2v) is 3.17. The maximum absolute atomic E-state index is 12.8. The van der Waals surface area contributed by atoms with Crippen LogP contribution in [-0.2, 0) is 4.96 Å². The molecule has 1 N–H and O–H groups in total. The quantitative estimate of drug-likeness (QED) is 0.513. The second-order valence-electron chi connectivity index (χ2n) is 2.44. The van der Waals surface area contributed by atoms with Crippen molar-refractivity contribution in [1.29, 1.82) is 0 Å². The monoisotopic (exact) mass is 191 g/mol. The van der Waals surface area contributed by atoms with Crippen molar-refractivity contribution in [3.63, 3.8) is 0 Å². The summed E-state index contributed by atoms with van der Waals surface area (Å²) in [5, 5.41) is 9.10. The van der Waals surface area contributed by atoms with Gasteiger partial charge in [-0.15, -0.1) is 0 Å². The SMILES string of the molecule is BC(O)(Cl)c1ncc(F)cc1F. The van der Waals surface area contributed by atoms with E-state index in [1.165, 1.54) is 0 Å². The lowest BCUT2D eigenvalue weighted by Gasteiger charge is -2.14. The van der Waals surface area contributed by atoms with Crippen LogP contribution in [0, 0.1) is 11.6 Å². The molecule has 1 rings (SSSR count). The molecule has 12 heavy (non-hydrogen) atoms. The van der Waals surface area contributed by atoms with E-state index in [0.29, 0.717) is 6.07 Å². The van der Waals surface area contributed by atoms with Crippen LogP contribution >= 0.6 is 11.6 Å². The zero-order valence-corrected chi connectivity index (χ0v) is 6.94. The average molecular weight is 191 g/mol. The Labute approximate surface area is 73.6 Å². The van der Waals surface area contributed by atoms with E-state index in [2.05, 4.69) is 4.98 Å². The van der Waals surface area contributed by atoms with E-state index in [0.717, 1.165) is 14.0 Å². The summed E-state index contributed by atoms with van der Waals surface area (Å²) in [7, 11) is 1.15.